The number of aromatic nitrogens is 5. The number of amides is 2. The van der Waals surface area contributed by atoms with E-state index in [0.29, 0.717) is 38.7 Å². The number of nitrogens with zero attached hydrogens (tertiary/aromatic N) is 6. The summed E-state index contributed by atoms with van der Waals surface area (Å²) >= 11 is 6.38. The second-order valence-corrected chi connectivity index (χ2v) is 15.8. The molecule has 1 saturated heterocycles. The molecule has 0 spiro atoms. The van der Waals surface area contributed by atoms with E-state index in [4.69, 9.17) is 25.8 Å². The number of rotatable bonds is 10. The lowest BCUT2D eigenvalue weighted by atomic mass is 9.53. The van der Waals surface area contributed by atoms with Crippen molar-refractivity contribution in [1.82, 2.24) is 28.5 Å². The Morgan fingerprint density at radius 3 is 2.29 bits per heavy atom. The largest absolute Gasteiger partial charge is 0.504 e. The monoisotopic (exact) mass is 863 g/mol. The Hall–Kier alpha value is -7.14. The van der Waals surface area contributed by atoms with Crippen LogP contribution < -0.4 is 36.6 Å². The highest BCUT2D eigenvalue weighted by atomic mass is 35.5. The molecule has 4 atom stereocenters. The lowest BCUT2D eigenvalue weighted by Gasteiger charge is -2.49. The van der Waals surface area contributed by atoms with Crippen LogP contribution in [0, 0.1) is 11.7 Å². The lowest BCUT2D eigenvalue weighted by Crippen LogP contribution is -2.53. The first kappa shape index (κ1) is 40.3. The highest BCUT2D eigenvalue weighted by molar-refractivity contribution is 6.30. The molecule has 1 aliphatic carbocycles. The highest BCUT2D eigenvalue weighted by Gasteiger charge is 2.69. The molecule has 6 aromatic rings. The zero-order valence-corrected chi connectivity index (χ0v) is 34.6. The third-order valence-electron chi connectivity index (χ3n) is 12.4. The van der Waals surface area contributed by atoms with Gasteiger partial charge in [0.1, 0.15) is 11.5 Å². The minimum atomic E-state index is -1.75. The van der Waals surface area contributed by atoms with Crippen LogP contribution in [-0.2, 0) is 41.6 Å². The third-order valence-corrected chi connectivity index (χ3v) is 12.6. The summed E-state index contributed by atoms with van der Waals surface area (Å²) < 4.78 is 35.3. The normalized spacial score (nSPS) is 20.4. The Morgan fingerprint density at radius 2 is 1.60 bits per heavy atom. The van der Waals surface area contributed by atoms with Gasteiger partial charge in [0.25, 0.3) is 17.4 Å². The Labute approximate surface area is 356 Å². The molecule has 4 unspecified atom stereocenters. The molecular weight excluding hydrogens is 825 g/mol. The van der Waals surface area contributed by atoms with Crippen LogP contribution in [0.2, 0.25) is 5.02 Å². The molecule has 2 N–H and O–H groups in total. The molecule has 9 rings (SSSR count). The summed E-state index contributed by atoms with van der Waals surface area (Å²) in [6.07, 6.45) is 1.55. The first-order valence-corrected chi connectivity index (χ1v) is 20.0. The van der Waals surface area contributed by atoms with Crippen LogP contribution in [0.1, 0.15) is 35.2 Å². The van der Waals surface area contributed by atoms with E-state index in [0.717, 1.165) is 9.58 Å². The average Bonchev–Trinajstić information content (AvgIpc) is 3.65. The van der Waals surface area contributed by atoms with E-state index in [1.807, 2.05) is 0 Å². The number of imide groups is 1. The predicted molar refractivity (Wildman–Crippen MR) is 224 cm³/mol. The second-order valence-electron chi connectivity index (χ2n) is 15.3. The van der Waals surface area contributed by atoms with Gasteiger partial charge in [0.2, 0.25) is 0 Å². The van der Waals surface area contributed by atoms with E-state index >= 15 is 4.79 Å². The van der Waals surface area contributed by atoms with Gasteiger partial charge >= 0.3 is 11.4 Å². The van der Waals surface area contributed by atoms with Gasteiger partial charge in [-0.2, -0.15) is 5.01 Å². The molecule has 4 heterocycles. The molecular formula is C44H39ClFN7O9. The number of hydrazine groups is 1. The van der Waals surface area contributed by atoms with E-state index in [9.17, 15) is 28.7 Å². The molecule has 1 saturated carbocycles. The quantitative estimate of drug-likeness (QED) is 0.147. The van der Waals surface area contributed by atoms with Crippen LogP contribution in [0.4, 0.5) is 10.1 Å². The van der Waals surface area contributed by atoms with Crippen molar-refractivity contribution in [2.45, 2.75) is 43.3 Å². The molecule has 3 aliphatic rings. The number of anilines is 1. The molecule has 2 aromatic heterocycles. The number of fused-ring (bicyclic) bond motifs is 5. The van der Waals surface area contributed by atoms with Crippen molar-refractivity contribution in [3.8, 4) is 23.0 Å². The van der Waals surface area contributed by atoms with Gasteiger partial charge in [-0.05, 0) is 60.0 Å². The summed E-state index contributed by atoms with van der Waals surface area (Å²) in [6, 6.07) is 18.8. The van der Waals surface area contributed by atoms with Gasteiger partial charge in [0.15, 0.2) is 23.0 Å². The van der Waals surface area contributed by atoms with Crippen LogP contribution in [0.3, 0.4) is 0 Å². The Bertz CT molecular complexity index is 3050. The van der Waals surface area contributed by atoms with Crippen molar-refractivity contribution < 1.29 is 33.3 Å². The number of hydrogen-bond donors (Lipinski definition) is 2. The highest BCUT2D eigenvalue weighted by Crippen LogP contribution is 2.63. The van der Waals surface area contributed by atoms with E-state index in [1.165, 1.54) is 59.5 Å². The number of carbonyl (C=O) groups excluding carboxylic acids is 2. The van der Waals surface area contributed by atoms with E-state index in [-0.39, 0.29) is 54.4 Å². The molecule has 2 amide bonds. The molecule has 62 heavy (non-hydrogen) atoms. The molecule has 18 heteroatoms. The summed E-state index contributed by atoms with van der Waals surface area (Å²) in [7, 11) is 5.93. The first-order chi connectivity index (χ1) is 29.8. The fraction of sp³-hybridized carbons (Fsp3) is 0.273. The van der Waals surface area contributed by atoms with Crippen LogP contribution in [-0.4, -0.2) is 66.7 Å². The van der Waals surface area contributed by atoms with Crippen LogP contribution >= 0.6 is 11.6 Å². The number of phenols is 1. The summed E-state index contributed by atoms with van der Waals surface area (Å²) in [4.78, 5) is 77.3. The maximum Gasteiger partial charge on any atom is 0.347 e. The first-order valence-electron chi connectivity index (χ1n) is 19.6. The number of phenolic OH excluding ortho intramolecular Hbond substituents is 1. The molecule has 2 fully saturated rings. The van der Waals surface area contributed by atoms with Crippen molar-refractivity contribution >= 4 is 40.1 Å². The van der Waals surface area contributed by atoms with Crippen LogP contribution in [0.25, 0.3) is 11.0 Å². The average molecular weight is 864 g/mol. The predicted octanol–water partition coefficient (Wildman–Crippen LogP) is 4.44. The maximum atomic E-state index is 15.4. The standard InChI is InChI=1S/C44H39ClFN7O9/c1-49-33-22-36(62-4)35(61-3)21-31(33)47-30(40(49)56)17-18-50-42(58)51-19-16-27-32(53(51)43(50)59)20-29-39(55)52(48-26-14-12-25(46)13-15-26)41(57)44(29,23-8-10-24(45)11-9-23)37(27)28-6-5-7-34(60-2)38(28)54/h5-16,21-22,29,32,37,48,54H,17-20H2,1-4H3. The number of allylic oxidation sites excluding steroid dienone is 2. The van der Waals surface area contributed by atoms with Gasteiger partial charge in [-0.1, -0.05) is 41.9 Å². The smallest absolute Gasteiger partial charge is 0.347 e. The number of carbonyl (C=O) groups is 2. The second kappa shape index (κ2) is 15.1. The Kier molecular flexibility index (Phi) is 9.80. The number of nitrogens with one attached hydrogen (secondary N) is 1. The Morgan fingerprint density at radius 1 is 0.903 bits per heavy atom. The van der Waals surface area contributed by atoms with Crippen molar-refractivity contribution in [3.63, 3.8) is 0 Å². The maximum absolute atomic E-state index is 15.4. The minimum Gasteiger partial charge on any atom is -0.504 e. The number of aromatic hydroxyl groups is 1. The zero-order chi connectivity index (χ0) is 43.8. The molecule has 0 radical (unpaired) electrons. The number of hydrogen-bond acceptors (Lipinski definition) is 11. The van der Waals surface area contributed by atoms with Gasteiger partial charge < -0.3 is 23.9 Å². The molecule has 0 bridgehead atoms. The molecule has 4 aromatic carbocycles. The zero-order valence-electron chi connectivity index (χ0n) is 33.8. The summed E-state index contributed by atoms with van der Waals surface area (Å²) in [5, 5.41) is 13.1. The summed E-state index contributed by atoms with van der Waals surface area (Å²) in [6.45, 7) is -0.314. The van der Waals surface area contributed by atoms with E-state index in [1.54, 1.807) is 67.7 Å². The van der Waals surface area contributed by atoms with Crippen LogP contribution in [0.15, 0.2) is 105 Å². The molecule has 16 nitrogen and oxygen atoms in total. The number of methoxy groups -OCH3 is 3. The van der Waals surface area contributed by atoms with Crippen molar-refractivity contribution in [2.24, 2.45) is 13.0 Å². The topological polar surface area (TPSA) is 181 Å². The van der Waals surface area contributed by atoms with Gasteiger partial charge in [0.05, 0.1) is 62.0 Å². The summed E-state index contributed by atoms with van der Waals surface area (Å²) in [5.74, 6) is -3.52. The fourth-order valence-electron chi connectivity index (χ4n) is 9.53. The van der Waals surface area contributed by atoms with Crippen molar-refractivity contribution in [3.05, 3.63) is 149 Å². The van der Waals surface area contributed by atoms with Gasteiger partial charge in [-0.25, -0.2) is 32.9 Å². The van der Waals surface area contributed by atoms with Gasteiger partial charge in [-0.15, -0.1) is 0 Å². The van der Waals surface area contributed by atoms with E-state index < -0.39 is 57.9 Å². The SMILES string of the molecule is COc1cc2nc(CCn3c(=O)n4n(c3=O)C3CC5C(=O)N(Nc6ccc(F)cc6)C(=O)C5(c5ccc(Cl)cc5)C(c5cccc(OC)c5O)C3=CC4)c(=O)n(C)c2cc1OC. The molecule has 318 valence electrons. The number of aryl methyl sites for hydroxylation is 2. The van der Waals surface area contributed by atoms with Crippen LogP contribution in [0.5, 0.6) is 23.0 Å². The van der Waals surface area contributed by atoms with Gasteiger partial charge in [-0.3, -0.25) is 19.8 Å². The minimum absolute atomic E-state index is 0.0827. The van der Waals surface area contributed by atoms with Crippen molar-refractivity contribution in [2.75, 3.05) is 26.8 Å². The third kappa shape index (κ3) is 5.93. The number of ether oxygens (including phenoxy) is 3. The lowest BCUT2D eigenvalue weighted by molar-refractivity contribution is -0.138. The van der Waals surface area contributed by atoms with Crippen molar-refractivity contribution in [1.29, 1.82) is 0 Å². The summed E-state index contributed by atoms with van der Waals surface area (Å²) in [5.41, 5.74) is 1.78. The van der Waals surface area contributed by atoms with E-state index in [2.05, 4.69) is 10.4 Å². The fourth-order valence-corrected chi connectivity index (χ4v) is 9.65. The Balaban J connectivity index is 1.18. The number of halogens is 2. The molecule has 2 aliphatic heterocycles. The number of para-hydroxylation sites is 1. The number of benzene rings is 4. The van der Waals surface area contributed by atoms with Gasteiger partial charge in [0, 0.05) is 48.6 Å².